The molecule has 1 aromatic carbocycles. The van der Waals surface area contributed by atoms with E-state index in [4.69, 9.17) is 15.2 Å². The van der Waals surface area contributed by atoms with Crippen molar-refractivity contribution in [3.63, 3.8) is 0 Å². The topological polar surface area (TPSA) is 85.3 Å². The largest absolute Gasteiger partial charge is 0.463 e. The molecule has 0 fully saturated rings. The van der Waals surface area contributed by atoms with E-state index in [2.05, 4.69) is 15.9 Å². The molecule has 0 radical (unpaired) electrons. The molecule has 0 saturated heterocycles. The Morgan fingerprint density at radius 2 is 2.25 bits per heavy atom. The molecule has 0 bridgehead atoms. The Morgan fingerprint density at radius 3 is 2.83 bits per heavy atom. The molecule has 2 rings (SSSR count). The maximum atomic E-state index is 13.8. The van der Waals surface area contributed by atoms with Crippen molar-refractivity contribution < 1.29 is 18.7 Å². The molecule has 1 aromatic rings. The van der Waals surface area contributed by atoms with Gasteiger partial charge in [-0.1, -0.05) is 22.0 Å². The van der Waals surface area contributed by atoms with Gasteiger partial charge in [0.1, 0.15) is 23.2 Å². The summed E-state index contributed by atoms with van der Waals surface area (Å²) in [6.45, 7) is 3.40. The molecular weight excluding hydrogens is 379 g/mol. The zero-order valence-corrected chi connectivity index (χ0v) is 14.8. The van der Waals surface area contributed by atoms with Crippen LogP contribution in [0.4, 0.5) is 4.39 Å². The van der Waals surface area contributed by atoms with Crippen LogP contribution in [-0.4, -0.2) is 12.6 Å². The van der Waals surface area contributed by atoms with Crippen molar-refractivity contribution in [1.82, 2.24) is 0 Å². The summed E-state index contributed by atoms with van der Waals surface area (Å²) >= 11 is 3.34. The molecule has 2 N–H and O–H groups in total. The highest BCUT2D eigenvalue weighted by Gasteiger charge is 2.37. The first-order valence-electron chi connectivity index (χ1n) is 7.24. The van der Waals surface area contributed by atoms with Crippen LogP contribution >= 0.6 is 15.9 Å². The van der Waals surface area contributed by atoms with Gasteiger partial charge in [0.15, 0.2) is 0 Å². The van der Waals surface area contributed by atoms with Crippen LogP contribution in [0.3, 0.4) is 0 Å². The summed E-state index contributed by atoms with van der Waals surface area (Å²) in [4.78, 5) is 12.4. The van der Waals surface area contributed by atoms with E-state index in [1.54, 1.807) is 19.9 Å². The molecule has 0 amide bonds. The summed E-state index contributed by atoms with van der Waals surface area (Å²) in [7, 11) is 0. The number of nitrogens with zero attached hydrogens (tertiary/aromatic N) is 1. The van der Waals surface area contributed by atoms with Gasteiger partial charge in [0.05, 0.1) is 18.1 Å². The van der Waals surface area contributed by atoms with E-state index in [0.717, 1.165) is 5.56 Å². The number of allylic oxidation sites excluding steroid dienone is 2. The van der Waals surface area contributed by atoms with Crippen molar-refractivity contribution in [3.8, 4) is 6.07 Å². The third-order valence-electron chi connectivity index (χ3n) is 3.66. The van der Waals surface area contributed by atoms with Crippen LogP contribution in [0.5, 0.6) is 0 Å². The minimum atomic E-state index is -0.842. The van der Waals surface area contributed by atoms with Crippen LogP contribution in [-0.2, 0) is 19.6 Å². The standard InChI is InChI=1S/C17H16BrFN2O3/c1-3-23-17(22)14-9(2)24-16(21)13(8-20)15(14)12-6-11(19)5-4-10(12)7-18/h4-6,15H,3,7,21H2,1-2H3. The third kappa shape index (κ3) is 3.29. The highest BCUT2D eigenvalue weighted by Crippen LogP contribution is 2.41. The molecule has 1 unspecified atom stereocenters. The van der Waals surface area contributed by atoms with E-state index < -0.39 is 17.7 Å². The summed E-state index contributed by atoms with van der Waals surface area (Å²) in [6.07, 6.45) is 0. The zero-order chi connectivity index (χ0) is 17.9. The first-order valence-corrected chi connectivity index (χ1v) is 8.36. The molecule has 5 nitrogen and oxygen atoms in total. The summed E-state index contributed by atoms with van der Waals surface area (Å²) in [5.74, 6) is -1.80. The molecule has 1 atom stereocenters. The summed E-state index contributed by atoms with van der Waals surface area (Å²) < 4.78 is 24.2. The number of halogens is 2. The monoisotopic (exact) mass is 394 g/mol. The molecule has 1 heterocycles. The van der Waals surface area contributed by atoms with Gasteiger partial charge in [-0.2, -0.15) is 5.26 Å². The third-order valence-corrected chi connectivity index (χ3v) is 4.27. The lowest BCUT2D eigenvalue weighted by molar-refractivity contribution is -0.139. The number of benzene rings is 1. The fourth-order valence-electron chi connectivity index (χ4n) is 2.62. The van der Waals surface area contributed by atoms with E-state index in [0.29, 0.717) is 10.9 Å². The fourth-order valence-corrected chi connectivity index (χ4v) is 3.13. The predicted molar refractivity (Wildman–Crippen MR) is 89.0 cm³/mol. The number of hydrogen-bond donors (Lipinski definition) is 1. The highest BCUT2D eigenvalue weighted by molar-refractivity contribution is 9.08. The number of esters is 1. The normalized spacial score (nSPS) is 17.4. The van der Waals surface area contributed by atoms with Crippen molar-refractivity contribution in [2.45, 2.75) is 25.1 Å². The SMILES string of the molecule is CCOC(=O)C1=C(C)OC(N)=C(C#N)C1c1cc(F)ccc1CBr. The number of rotatable bonds is 4. The smallest absolute Gasteiger partial charge is 0.338 e. The van der Waals surface area contributed by atoms with Crippen LogP contribution in [0.25, 0.3) is 0 Å². The molecule has 0 aliphatic carbocycles. The first kappa shape index (κ1) is 18.0. The van der Waals surface area contributed by atoms with Crippen molar-refractivity contribution in [2.24, 2.45) is 5.73 Å². The molecule has 7 heteroatoms. The molecule has 1 aliphatic rings. The number of alkyl halides is 1. The van der Waals surface area contributed by atoms with Crippen LogP contribution in [0.2, 0.25) is 0 Å². The molecule has 126 valence electrons. The second-order valence-electron chi connectivity index (χ2n) is 5.09. The quantitative estimate of drug-likeness (QED) is 0.624. The molecule has 24 heavy (non-hydrogen) atoms. The highest BCUT2D eigenvalue weighted by atomic mass is 79.9. The maximum Gasteiger partial charge on any atom is 0.338 e. The number of nitriles is 1. The number of carbonyl (C=O) groups is 1. The number of ether oxygens (including phenoxy) is 2. The Labute approximate surface area is 147 Å². The molecule has 0 saturated carbocycles. The van der Waals surface area contributed by atoms with Crippen LogP contribution < -0.4 is 5.73 Å². The van der Waals surface area contributed by atoms with Gasteiger partial charge in [0.25, 0.3) is 0 Å². The van der Waals surface area contributed by atoms with Crippen molar-refractivity contribution >= 4 is 21.9 Å². The van der Waals surface area contributed by atoms with Crippen molar-refractivity contribution in [3.05, 3.63) is 57.9 Å². The van der Waals surface area contributed by atoms with Gasteiger partial charge < -0.3 is 15.2 Å². The first-order chi connectivity index (χ1) is 11.4. The van der Waals surface area contributed by atoms with E-state index in [1.807, 2.05) is 6.07 Å². The molecular formula is C17H16BrFN2O3. The second-order valence-corrected chi connectivity index (χ2v) is 5.65. The van der Waals surface area contributed by atoms with E-state index >= 15 is 0 Å². The van der Waals surface area contributed by atoms with Gasteiger partial charge in [-0.05, 0) is 37.1 Å². The zero-order valence-electron chi connectivity index (χ0n) is 13.2. The Hall–Kier alpha value is -2.33. The minimum absolute atomic E-state index is 0.0523. The van der Waals surface area contributed by atoms with Crippen LogP contribution in [0.1, 0.15) is 30.9 Å². The Morgan fingerprint density at radius 1 is 1.54 bits per heavy atom. The lowest BCUT2D eigenvalue weighted by Gasteiger charge is -2.28. The second kappa shape index (κ2) is 7.49. The number of nitrogens with two attached hydrogens (primary N) is 1. The number of carbonyl (C=O) groups excluding carboxylic acids is 1. The van der Waals surface area contributed by atoms with E-state index in [9.17, 15) is 14.4 Å². The Kier molecular flexibility index (Phi) is 5.62. The van der Waals surface area contributed by atoms with Gasteiger partial charge in [0, 0.05) is 5.33 Å². The maximum absolute atomic E-state index is 13.8. The van der Waals surface area contributed by atoms with Crippen LogP contribution in [0, 0.1) is 17.1 Å². The van der Waals surface area contributed by atoms with Gasteiger partial charge in [-0.3, -0.25) is 0 Å². The Bertz CT molecular complexity index is 781. The average molecular weight is 395 g/mol. The molecule has 0 aromatic heterocycles. The van der Waals surface area contributed by atoms with Crippen molar-refractivity contribution in [2.75, 3.05) is 6.61 Å². The lowest BCUT2D eigenvalue weighted by atomic mass is 9.81. The molecule has 0 spiro atoms. The average Bonchev–Trinajstić information content (AvgIpc) is 2.54. The van der Waals surface area contributed by atoms with Gasteiger partial charge in [-0.25, -0.2) is 9.18 Å². The number of hydrogen-bond acceptors (Lipinski definition) is 5. The lowest BCUT2D eigenvalue weighted by Crippen LogP contribution is -2.26. The fraction of sp³-hybridized carbons (Fsp3) is 0.294. The summed E-state index contributed by atoms with van der Waals surface area (Å²) in [5.41, 5.74) is 7.22. The van der Waals surface area contributed by atoms with Gasteiger partial charge in [0.2, 0.25) is 5.88 Å². The predicted octanol–water partition coefficient (Wildman–Crippen LogP) is 3.37. The van der Waals surface area contributed by atoms with Crippen molar-refractivity contribution in [1.29, 1.82) is 5.26 Å². The van der Waals surface area contributed by atoms with E-state index in [1.165, 1.54) is 12.1 Å². The van der Waals surface area contributed by atoms with Crippen LogP contribution in [0.15, 0.2) is 41.0 Å². The van der Waals surface area contributed by atoms with E-state index in [-0.39, 0.29) is 29.4 Å². The summed E-state index contributed by atoms with van der Waals surface area (Å²) in [6, 6.07) is 6.18. The van der Waals surface area contributed by atoms with Gasteiger partial charge in [-0.15, -0.1) is 0 Å². The molecule has 1 aliphatic heterocycles. The summed E-state index contributed by atoms with van der Waals surface area (Å²) in [5, 5.41) is 9.92. The Balaban J connectivity index is 2.72. The minimum Gasteiger partial charge on any atom is -0.463 e. The van der Waals surface area contributed by atoms with Gasteiger partial charge >= 0.3 is 5.97 Å².